The fraction of sp³-hybridized carbons (Fsp3) is 0.556. The van der Waals surface area contributed by atoms with Crippen molar-refractivity contribution in [2.45, 2.75) is 76.5 Å². The van der Waals surface area contributed by atoms with E-state index in [-0.39, 0.29) is 12.3 Å². The third-order valence-corrected chi connectivity index (χ3v) is 7.14. The Morgan fingerprint density at radius 3 is 2.50 bits per heavy atom. The number of aliphatic carboxylic acids is 1. The standard InChI is InChI=1S/C27H40N6O5/c1-16(2)23(29)25(35)31-20(10-5-6-12-28)24(34)32-21(26(36)33-13-7-11-22(33)27(37)38)14-17-15-30-19-9-4-3-8-18(17)19/h3-4,8-9,15-16,20-23,30H,5-7,10-14,28-29H2,1-2H3,(H,31,35)(H,32,34)(H,37,38). The van der Waals surface area contributed by atoms with Crippen LogP contribution in [0.25, 0.3) is 10.9 Å². The lowest BCUT2D eigenvalue weighted by Gasteiger charge is -2.29. The molecule has 0 saturated carbocycles. The van der Waals surface area contributed by atoms with E-state index in [0.717, 1.165) is 16.5 Å². The topological polar surface area (TPSA) is 184 Å². The summed E-state index contributed by atoms with van der Waals surface area (Å²) < 4.78 is 0. The fourth-order valence-electron chi connectivity index (χ4n) is 4.81. The Bertz CT molecular complexity index is 1130. The first kappa shape index (κ1) is 29.1. The molecular formula is C27H40N6O5. The third-order valence-electron chi connectivity index (χ3n) is 7.14. The number of hydrogen-bond acceptors (Lipinski definition) is 6. The second-order valence-electron chi connectivity index (χ2n) is 10.3. The Balaban J connectivity index is 1.86. The molecule has 1 fully saturated rings. The number of carbonyl (C=O) groups excluding carboxylic acids is 3. The first-order valence-corrected chi connectivity index (χ1v) is 13.3. The number of aromatic nitrogens is 1. The van der Waals surface area contributed by atoms with E-state index in [0.29, 0.717) is 45.2 Å². The monoisotopic (exact) mass is 528 g/mol. The van der Waals surface area contributed by atoms with Crippen LogP contribution in [0.15, 0.2) is 30.5 Å². The smallest absolute Gasteiger partial charge is 0.326 e. The Hall–Kier alpha value is -3.44. The number of carboxylic acids is 1. The van der Waals surface area contributed by atoms with Crippen LogP contribution in [-0.2, 0) is 25.6 Å². The Morgan fingerprint density at radius 1 is 1.11 bits per heavy atom. The molecular weight excluding hydrogens is 488 g/mol. The van der Waals surface area contributed by atoms with Crippen molar-refractivity contribution in [3.05, 3.63) is 36.0 Å². The highest BCUT2D eigenvalue weighted by Crippen LogP contribution is 2.23. The van der Waals surface area contributed by atoms with Crippen molar-refractivity contribution >= 4 is 34.6 Å². The maximum absolute atomic E-state index is 13.7. The molecule has 208 valence electrons. The minimum Gasteiger partial charge on any atom is -0.480 e. The van der Waals surface area contributed by atoms with Gasteiger partial charge in [-0.1, -0.05) is 32.0 Å². The molecule has 1 aliphatic heterocycles. The average Bonchev–Trinajstić information content (AvgIpc) is 3.54. The summed E-state index contributed by atoms with van der Waals surface area (Å²) in [7, 11) is 0. The molecule has 3 amide bonds. The van der Waals surface area contributed by atoms with Gasteiger partial charge in [0, 0.05) is 30.1 Å². The third kappa shape index (κ3) is 7.11. The molecule has 1 aromatic carbocycles. The summed E-state index contributed by atoms with van der Waals surface area (Å²) >= 11 is 0. The molecule has 4 unspecified atom stereocenters. The van der Waals surface area contributed by atoms with Crippen molar-refractivity contribution in [1.82, 2.24) is 20.5 Å². The van der Waals surface area contributed by atoms with Crippen molar-refractivity contribution in [2.75, 3.05) is 13.1 Å². The van der Waals surface area contributed by atoms with E-state index in [4.69, 9.17) is 11.5 Å². The van der Waals surface area contributed by atoms with Gasteiger partial charge in [0.25, 0.3) is 0 Å². The summed E-state index contributed by atoms with van der Waals surface area (Å²) in [6.45, 7) is 4.38. The van der Waals surface area contributed by atoms with Crippen LogP contribution >= 0.6 is 0 Å². The zero-order valence-electron chi connectivity index (χ0n) is 22.1. The summed E-state index contributed by atoms with van der Waals surface area (Å²) in [6.07, 6.45) is 4.47. The summed E-state index contributed by atoms with van der Waals surface area (Å²) in [5, 5.41) is 16.1. The molecule has 38 heavy (non-hydrogen) atoms. The number of likely N-dealkylation sites (tertiary alicyclic amines) is 1. The predicted octanol–water partition coefficient (Wildman–Crippen LogP) is 0.868. The molecule has 11 heteroatoms. The first-order chi connectivity index (χ1) is 18.1. The normalized spacial score (nSPS) is 17.8. The van der Waals surface area contributed by atoms with Crippen molar-refractivity contribution in [2.24, 2.45) is 17.4 Å². The van der Waals surface area contributed by atoms with E-state index in [1.165, 1.54) is 4.90 Å². The summed E-state index contributed by atoms with van der Waals surface area (Å²) in [4.78, 5) is 56.2. The zero-order valence-corrected chi connectivity index (χ0v) is 22.1. The molecule has 0 aliphatic carbocycles. The van der Waals surface area contributed by atoms with Gasteiger partial charge in [0.15, 0.2) is 0 Å². The van der Waals surface area contributed by atoms with Crippen molar-refractivity contribution < 1.29 is 24.3 Å². The van der Waals surface area contributed by atoms with Gasteiger partial charge in [-0.2, -0.15) is 0 Å². The van der Waals surface area contributed by atoms with Crippen molar-refractivity contribution in [1.29, 1.82) is 0 Å². The number of hydrogen-bond donors (Lipinski definition) is 6. The molecule has 3 rings (SSSR count). The number of unbranched alkanes of at least 4 members (excludes halogenated alkanes) is 1. The van der Waals surface area contributed by atoms with E-state index in [2.05, 4.69) is 15.6 Å². The SMILES string of the molecule is CC(C)C(N)C(=O)NC(CCCCN)C(=O)NC(Cc1c[nH]c2ccccc12)C(=O)N1CCCC1C(=O)O. The Kier molecular flexibility index (Phi) is 10.3. The van der Waals surface area contributed by atoms with E-state index >= 15 is 0 Å². The number of carbonyl (C=O) groups is 4. The summed E-state index contributed by atoms with van der Waals surface area (Å²) in [6, 6.07) is 3.96. The lowest BCUT2D eigenvalue weighted by atomic mass is 10.0. The number of rotatable bonds is 13. The lowest BCUT2D eigenvalue weighted by Crippen LogP contribution is -2.58. The van der Waals surface area contributed by atoms with Gasteiger partial charge in [0.05, 0.1) is 6.04 Å². The van der Waals surface area contributed by atoms with Gasteiger partial charge in [0.2, 0.25) is 17.7 Å². The highest BCUT2D eigenvalue weighted by atomic mass is 16.4. The largest absolute Gasteiger partial charge is 0.480 e. The van der Waals surface area contributed by atoms with Crippen LogP contribution in [0.2, 0.25) is 0 Å². The number of amides is 3. The van der Waals surface area contributed by atoms with E-state index in [1.807, 2.05) is 38.1 Å². The van der Waals surface area contributed by atoms with Gasteiger partial charge in [-0.25, -0.2) is 4.79 Å². The minimum absolute atomic E-state index is 0.123. The van der Waals surface area contributed by atoms with E-state index in [1.54, 1.807) is 6.20 Å². The maximum Gasteiger partial charge on any atom is 0.326 e. The molecule has 2 aromatic rings. The minimum atomic E-state index is -1.07. The fourth-order valence-corrected chi connectivity index (χ4v) is 4.81. The highest BCUT2D eigenvalue weighted by molar-refractivity contribution is 5.95. The molecule has 4 atom stereocenters. The maximum atomic E-state index is 13.7. The molecule has 1 saturated heterocycles. The number of fused-ring (bicyclic) bond motifs is 1. The van der Waals surface area contributed by atoms with Crippen molar-refractivity contribution in [3.63, 3.8) is 0 Å². The van der Waals surface area contributed by atoms with Crippen LogP contribution in [0.3, 0.4) is 0 Å². The van der Waals surface area contributed by atoms with Crippen LogP contribution in [-0.4, -0.2) is 75.9 Å². The average molecular weight is 529 g/mol. The molecule has 0 bridgehead atoms. The van der Waals surface area contributed by atoms with E-state index < -0.39 is 47.9 Å². The van der Waals surface area contributed by atoms with Gasteiger partial charge >= 0.3 is 5.97 Å². The number of aromatic amines is 1. The van der Waals surface area contributed by atoms with Gasteiger partial charge in [-0.05, 0) is 56.2 Å². The summed E-state index contributed by atoms with van der Waals surface area (Å²) in [5.74, 6) is -2.61. The Morgan fingerprint density at radius 2 is 1.82 bits per heavy atom. The Labute approximate surface area is 222 Å². The number of nitrogens with one attached hydrogen (secondary N) is 3. The van der Waals surface area contributed by atoms with Crippen LogP contribution in [0.1, 0.15) is 51.5 Å². The van der Waals surface area contributed by atoms with Gasteiger partial charge in [-0.3, -0.25) is 14.4 Å². The van der Waals surface area contributed by atoms with Crippen LogP contribution in [0.4, 0.5) is 0 Å². The molecule has 0 spiro atoms. The molecule has 0 radical (unpaired) electrons. The second kappa shape index (κ2) is 13.4. The van der Waals surface area contributed by atoms with Crippen LogP contribution in [0.5, 0.6) is 0 Å². The number of H-pyrrole nitrogens is 1. The summed E-state index contributed by atoms with van der Waals surface area (Å²) in [5.41, 5.74) is 13.3. The first-order valence-electron chi connectivity index (χ1n) is 13.3. The zero-order chi connectivity index (χ0) is 27.8. The molecule has 1 aromatic heterocycles. The number of nitrogens with two attached hydrogens (primary N) is 2. The quantitative estimate of drug-likeness (QED) is 0.208. The molecule has 8 N–H and O–H groups in total. The van der Waals surface area contributed by atoms with Crippen molar-refractivity contribution in [3.8, 4) is 0 Å². The number of benzene rings is 1. The van der Waals surface area contributed by atoms with Crippen LogP contribution in [0, 0.1) is 5.92 Å². The van der Waals surface area contributed by atoms with Gasteiger partial charge in [0.1, 0.15) is 18.1 Å². The van der Waals surface area contributed by atoms with E-state index in [9.17, 15) is 24.3 Å². The van der Waals surface area contributed by atoms with Gasteiger partial charge in [-0.15, -0.1) is 0 Å². The second-order valence-corrected chi connectivity index (χ2v) is 10.3. The van der Waals surface area contributed by atoms with Crippen LogP contribution < -0.4 is 22.1 Å². The predicted molar refractivity (Wildman–Crippen MR) is 144 cm³/mol. The number of para-hydroxylation sites is 1. The molecule has 2 heterocycles. The highest BCUT2D eigenvalue weighted by Gasteiger charge is 2.38. The molecule has 11 nitrogen and oxygen atoms in total. The number of carboxylic acid groups (broad SMARTS) is 1. The number of nitrogens with zero attached hydrogens (tertiary/aromatic N) is 1. The lowest BCUT2D eigenvalue weighted by molar-refractivity contribution is -0.149. The molecule has 1 aliphatic rings. The van der Waals surface area contributed by atoms with Gasteiger partial charge < -0.3 is 37.1 Å².